The number of rotatable bonds is 10. The van der Waals surface area contributed by atoms with Gasteiger partial charge in [-0.2, -0.15) is 0 Å². The van der Waals surface area contributed by atoms with Crippen LogP contribution in [0.15, 0.2) is 42.5 Å². The molecule has 0 spiro atoms. The van der Waals surface area contributed by atoms with Gasteiger partial charge in [0.05, 0.1) is 20.3 Å². The van der Waals surface area contributed by atoms with Gasteiger partial charge in [-0.25, -0.2) is 0 Å². The van der Waals surface area contributed by atoms with Crippen LogP contribution in [0.2, 0.25) is 5.02 Å². The van der Waals surface area contributed by atoms with Gasteiger partial charge >= 0.3 is 0 Å². The van der Waals surface area contributed by atoms with Crippen molar-refractivity contribution in [3.63, 3.8) is 0 Å². The smallest absolute Gasteiger partial charge is 0.161 e. The molecular weight excluding hydrogens is 447 g/mol. The van der Waals surface area contributed by atoms with E-state index < -0.39 is 0 Å². The van der Waals surface area contributed by atoms with Gasteiger partial charge in [0, 0.05) is 24.7 Å². The third-order valence-corrected chi connectivity index (χ3v) is 5.01. The van der Waals surface area contributed by atoms with E-state index in [1.807, 2.05) is 36.4 Å². The Morgan fingerprint density at radius 1 is 1.03 bits per heavy atom. The summed E-state index contributed by atoms with van der Waals surface area (Å²) in [5.74, 6) is 1.48. The monoisotopic (exact) mass is 474 g/mol. The molecule has 0 saturated carbocycles. The van der Waals surface area contributed by atoms with E-state index in [9.17, 15) is 0 Å². The van der Waals surface area contributed by atoms with E-state index in [1.54, 1.807) is 7.11 Å². The van der Waals surface area contributed by atoms with Crippen LogP contribution in [0.5, 0.6) is 11.5 Å². The molecule has 0 aromatic heterocycles. The Morgan fingerprint density at radius 2 is 1.83 bits per heavy atom. The number of hydrogen-bond acceptors (Lipinski definition) is 5. The molecule has 2 aromatic rings. The summed E-state index contributed by atoms with van der Waals surface area (Å²) in [5.41, 5.74) is 2.21. The summed E-state index contributed by atoms with van der Waals surface area (Å²) < 4.78 is 16.8. The van der Waals surface area contributed by atoms with Gasteiger partial charge in [0.25, 0.3) is 0 Å². The minimum absolute atomic E-state index is 0. The van der Waals surface area contributed by atoms with E-state index in [4.69, 9.17) is 25.8 Å². The predicted octanol–water partition coefficient (Wildman–Crippen LogP) is -2.25. The summed E-state index contributed by atoms with van der Waals surface area (Å²) in [6.45, 7) is 7.20. The van der Waals surface area contributed by atoms with Crippen LogP contribution >= 0.6 is 11.6 Å². The van der Waals surface area contributed by atoms with E-state index in [-0.39, 0.29) is 24.8 Å². The van der Waals surface area contributed by atoms with E-state index in [2.05, 4.69) is 16.3 Å². The highest BCUT2D eigenvalue weighted by Gasteiger charge is 2.09. The van der Waals surface area contributed by atoms with Gasteiger partial charge in [-0.1, -0.05) is 29.8 Å². The van der Waals surface area contributed by atoms with Crippen LogP contribution in [0.4, 0.5) is 0 Å². The highest BCUT2D eigenvalue weighted by Crippen LogP contribution is 2.29. The minimum atomic E-state index is 0. The molecule has 8 heteroatoms. The first-order chi connectivity index (χ1) is 13.7. The van der Waals surface area contributed by atoms with Gasteiger partial charge < -0.3 is 44.3 Å². The summed E-state index contributed by atoms with van der Waals surface area (Å²) in [6.07, 6.45) is 1.14. The van der Waals surface area contributed by atoms with Crippen molar-refractivity contribution in [1.29, 1.82) is 0 Å². The normalized spacial score (nSPS) is 13.8. The second kappa shape index (κ2) is 14.7. The maximum Gasteiger partial charge on any atom is 0.161 e. The molecule has 0 aliphatic carbocycles. The van der Waals surface area contributed by atoms with Gasteiger partial charge in [0.1, 0.15) is 6.61 Å². The van der Waals surface area contributed by atoms with E-state index in [0.717, 1.165) is 69.4 Å². The zero-order chi connectivity index (χ0) is 19.6. The summed E-state index contributed by atoms with van der Waals surface area (Å²) in [4.78, 5) is 2.46. The first-order valence-corrected chi connectivity index (χ1v) is 10.2. The van der Waals surface area contributed by atoms with Crippen LogP contribution in [-0.4, -0.2) is 51.4 Å². The molecule has 0 amide bonds. The lowest BCUT2D eigenvalue weighted by Gasteiger charge is -2.26. The average Bonchev–Trinajstić information content (AvgIpc) is 2.73. The molecule has 1 N–H and O–H groups in total. The molecule has 0 unspecified atom stereocenters. The highest BCUT2D eigenvalue weighted by molar-refractivity contribution is 6.30. The zero-order valence-electron chi connectivity index (χ0n) is 17.2. The summed E-state index contributed by atoms with van der Waals surface area (Å²) >= 11 is 6.03. The number of benzene rings is 2. The molecule has 1 heterocycles. The quantitative estimate of drug-likeness (QED) is 0.393. The SMILES string of the molecule is COc1cc(CNCCCN2CCOCC2)ccc1OCc1cccc(Cl)c1.[Cl-].[Cl-]. The molecule has 3 rings (SSSR count). The Balaban J connectivity index is 0.00000225. The van der Waals surface area contributed by atoms with E-state index in [0.29, 0.717) is 11.6 Å². The summed E-state index contributed by atoms with van der Waals surface area (Å²) in [6, 6.07) is 13.7. The lowest BCUT2D eigenvalue weighted by molar-refractivity contribution is -0.00100. The maximum absolute atomic E-state index is 6.03. The molecule has 30 heavy (non-hydrogen) atoms. The van der Waals surface area contributed by atoms with Gasteiger partial charge in [0.15, 0.2) is 11.5 Å². The molecule has 1 fully saturated rings. The number of nitrogens with zero attached hydrogens (tertiary/aromatic N) is 1. The second-order valence-electron chi connectivity index (χ2n) is 6.89. The van der Waals surface area contributed by atoms with Crippen molar-refractivity contribution in [2.45, 2.75) is 19.6 Å². The number of ether oxygens (including phenoxy) is 3. The molecule has 1 saturated heterocycles. The van der Waals surface area contributed by atoms with Gasteiger partial charge in [-0.05, 0) is 54.9 Å². The van der Waals surface area contributed by atoms with Gasteiger partial charge in [0.2, 0.25) is 0 Å². The van der Waals surface area contributed by atoms with Crippen LogP contribution in [0, 0.1) is 0 Å². The van der Waals surface area contributed by atoms with Crippen molar-refractivity contribution in [2.75, 3.05) is 46.5 Å². The third-order valence-electron chi connectivity index (χ3n) is 4.77. The summed E-state index contributed by atoms with van der Waals surface area (Å²) in [7, 11) is 1.67. The molecule has 2 aromatic carbocycles. The third kappa shape index (κ3) is 8.88. The first-order valence-electron chi connectivity index (χ1n) is 9.79. The maximum atomic E-state index is 6.03. The molecule has 1 aliphatic heterocycles. The molecular formula is C22H29Cl3N2O3-2. The van der Waals surface area contributed by atoms with Crippen LogP contribution in [0.1, 0.15) is 17.5 Å². The number of halogens is 3. The predicted molar refractivity (Wildman–Crippen MR) is 112 cm³/mol. The van der Waals surface area contributed by atoms with Crippen molar-refractivity contribution in [3.05, 3.63) is 58.6 Å². The highest BCUT2D eigenvalue weighted by atomic mass is 35.5. The minimum Gasteiger partial charge on any atom is -1.00 e. The van der Waals surface area contributed by atoms with Crippen molar-refractivity contribution >= 4 is 11.6 Å². The molecule has 1 aliphatic rings. The Kier molecular flexibility index (Phi) is 13.2. The van der Waals surface area contributed by atoms with Crippen LogP contribution in [0.25, 0.3) is 0 Å². The lowest BCUT2D eigenvalue weighted by atomic mass is 10.2. The van der Waals surface area contributed by atoms with Crippen molar-refractivity contribution in [3.8, 4) is 11.5 Å². The van der Waals surface area contributed by atoms with Gasteiger partial charge in [-0.3, -0.25) is 4.90 Å². The van der Waals surface area contributed by atoms with Crippen molar-refractivity contribution in [2.24, 2.45) is 0 Å². The van der Waals surface area contributed by atoms with Crippen molar-refractivity contribution < 1.29 is 39.0 Å². The number of hydrogen-bond donors (Lipinski definition) is 1. The standard InChI is InChI=1S/C22H29ClN2O3.2ClH/c1-26-22-15-18(16-24-8-3-9-25-10-12-27-13-11-25)6-7-21(22)28-17-19-4-2-5-20(23)14-19;;/h2,4-7,14-15,24H,3,8-13,16-17H2,1H3;2*1H/p-2. The van der Waals surface area contributed by atoms with Crippen LogP contribution in [-0.2, 0) is 17.9 Å². The topological polar surface area (TPSA) is 43.0 Å². The Labute approximate surface area is 196 Å². The van der Waals surface area contributed by atoms with Crippen molar-refractivity contribution in [1.82, 2.24) is 10.2 Å². The Hall–Kier alpha value is -1.21. The second-order valence-corrected chi connectivity index (χ2v) is 7.32. The average molecular weight is 476 g/mol. The Morgan fingerprint density at radius 3 is 2.57 bits per heavy atom. The van der Waals surface area contributed by atoms with E-state index >= 15 is 0 Å². The molecule has 0 radical (unpaired) electrons. The van der Waals surface area contributed by atoms with Crippen LogP contribution in [0.3, 0.4) is 0 Å². The zero-order valence-corrected chi connectivity index (χ0v) is 19.5. The largest absolute Gasteiger partial charge is 1.00 e. The molecule has 0 bridgehead atoms. The van der Waals surface area contributed by atoms with Crippen LogP contribution < -0.4 is 39.6 Å². The first kappa shape index (κ1) is 26.8. The van der Waals surface area contributed by atoms with Gasteiger partial charge in [-0.15, -0.1) is 0 Å². The fourth-order valence-corrected chi connectivity index (χ4v) is 3.43. The van der Waals surface area contributed by atoms with E-state index in [1.165, 1.54) is 5.56 Å². The summed E-state index contributed by atoms with van der Waals surface area (Å²) in [5, 5.41) is 4.22. The number of methoxy groups -OCH3 is 1. The molecule has 5 nitrogen and oxygen atoms in total. The molecule has 0 atom stereocenters. The molecule has 168 valence electrons. The fourth-order valence-electron chi connectivity index (χ4n) is 3.21. The fraction of sp³-hybridized carbons (Fsp3) is 0.455. The lowest BCUT2D eigenvalue weighted by Crippen LogP contribution is -3.00. The number of morpholine rings is 1. The number of nitrogens with one attached hydrogen (secondary N) is 1. The Bertz CT molecular complexity index is 743.